The third-order valence-electron chi connectivity index (χ3n) is 5.38. The second-order valence-corrected chi connectivity index (χ2v) is 7.18. The zero-order chi connectivity index (χ0) is 19.2. The number of para-hydroxylation sites is 1. The number of furan rings is 1. The van der Waals surface area contributed by atoms with Gasteiger partial charge in [0.05, 0.1) is 6.26 Å². The first kappa shape index (κ1) is 19.0. The summed E-state index contributed by atoms with van der Waals surface area (Å²) in [4.78, 5) is 27.8. The van der Waals surface area contributed by atoms with Gasteiger partial charge in [-0.2, -0.15) is 0 Å². The van der Waals surface area contributed by atoms with E-state index in [1.54, 1.807) is 17.0 Å². The van der Waals surface area contributed by atoms with Crippen LogP contribution in [0.15, 0.2) is 53.1 Å². The Bertz CT molecular complexity index is 745. The van der Waals surface area contributed by atoms with Crippen molar-refractivity contribution < 1.29 is 19.1 Å². The molecule has 27 heavy (non-hydrogen) atoms. The molecule has 2 atom stereocenters. The Kier molecular flexibility index (Phi) is 6.16. The van der Waals surface area contributed by atoms with E-state index in [1.165, 1.54) is 6.26 Å². The minimum Gasteiger partial charge on any atom is -0.481 e. The predicted octanol–water partition coefficient (Wildman–Crippen LogP) is 3.36. The molecule has 144 valence electrons. The van der Waals surface area contributed by atoms with E-state index in [0.29, 0.717) is 25.3 Å². The van der Waals surface area contributed by atoms with E-state index in [1.807, 2.05) is 25.2 Å². The van der Waals surface area contributed by atoms with Crippen LogP contribution in [0.2, 0.25) is 0 Å². The van der Waals surface area contributed by atoms with Gasteiger partial charge in [0.25, 0.3) is 5.91 Å². The van der Waals surface area contributed by atoms with Crippen LogP contribution in [-0.2, 0) is 4.79 Å². The Morgan fingerprint density at radius 1 is 1.19 bits per heavy atom. The van der Waals surface area contributed by atoms with Crippen LogP contribution >= 0.6 is 0 Å². The van der Waals surface area contributed by atoms with Gasteiger partial charge in [-0.15, -0.1) is 0 Å². The van der Waals surface area contributed by atoms with Gasteiger partial charge < -0.3 is 19.3 Å². The Morgan fingerprint density at radius 2 is 1.96 bits per heavy atom. The fourth-order valence-electron chi connectivity index (χ4n) is 3.81. The molecule has 6 nitrogen and oxygen atoms in total. The van der Waals surface area contributed by atoms with Gasteiger partial charge in [0.1, 0.15) is 0 Å². The standard InChI is InChI=1S/C21H26N2O4/c1-22(18-6-3-2-4-7-18)11-9-17-15-23(12-10-16(17)14-20(24)25)21(26)19-8-5-13-27-19/h2-8,13,16-17H,9-12,14-15H2,1H3,(H,24,25)/t16-,17+/m0/s1. The van der Waals surface area contributed by atoms with Crippen LogP contribution in [0.3, 0.4) is 0 Å². The molecular formula is C21H26N2O4. The van der Waals surface area contributed by atoms with E-state index in [4.69, 9.17) is 4.42 Å². The van der Waals surface area contributed by atoms with Crippen molar-refractivity contribution in [2.75, 3.05) is 31.6 Å². The fraction of sp³-hybridized carbons (Fsp3) is 0.429. The van der Waals surface area contributed by atoms with Crippen molar-refractivity contribution in [1.82, 2.24) is 4.90 Å². The maximum atomic E-state index is 12.6. The average Bonchev–Trinajstić information content (AvgIpc) is 3.21. The van der Waals surface area contributed by atoms with Crippen molar-refractivity contribution >= 4 is 17.6 Å². The zero-order valence-electron chi connectivity index (χ0n) is 15.6. The molecule has 2 aromatic rings. The number of carbonyl (C=O) groups excluding carboxylic acids is 1. The Morgan fingerprint density at radius 3 is 2.63 bits per heavy atom. The molecule has 1 aliphatic rings. The summed E-state index contributed by atoms with van der Waals surface area (Å²) in [5, 5.41) is 9.26. The summed E-state index contributed by atoms with van der Waals surface area (Å²) in [5.41, 5.74) is 1.13. The number of benzene rings is 1. The lowest BCUT2D eigenvalue weighted by atomic mass is 9.81. The molecule has 1 aromatic carbocycles. The highest BCUT2D eigenvalue weighted by Gasteiger charge is 2.33. The Balaban J connectivity index is 1.65. The fourth-order valence-corrected chi connectivity index (χ4v) is 3.81. The summed E-state index contributed by atoms with van der Waals surface area (Å²) in [6.07, 6.45) is 3.20. The lowest BCUT2D eigenvalue weighted by Gasteiger charge is -2.38. The largest absolute Gasteiger partial charge is 0.481 e. The maximum absolute atomic E-state index is 12.6. The number of piperidine rings is 1. The quantitative estimate of drug-likeness (QED) is 0.809. The van der Waals surface area contributed by atoms with Gasteiger partial charge in [0.15, 0.2) is 5.76 Å². The van der Waals surface area contributed by atoms with Gasteiger partial charge in [0, 0.05) is 38.8 Å². The number of carboxylic acid groups (broad SMARTS) is 1. The lowest BCUT2D eigenvalue weighted by molar-refractivity contribution is -0.139. The number of aliphatic carboxylic acids is 1. The average molecular weight is 370 g/mol. The van der Waals surface area contributed by atoms with Gasteiger partial charge in [-0.25, -0.2) is 0 Å². The van der Waals surface area contributed by atoms with Crippen LogP contribution in [0, 0.1) is 11.8 Å². The highest BCUT2D eigenvalue weighted by atomic mass is 16.4. The maximum Gasteiger partial charge on any atom is 0.303 e. The molecule has 1 aromatic heterocycles. The molecule has 1 N–H and O–H groups in total. The first-order valence-corrected chi connectivity index (χ1v) is 9.35. The van der Waals surface area contributed by atoms with Gasteiger partial charge >= 0.3 is 5.97 Å². The monoisotopic (exact) mass is 370 g/mol. The number of anilines is 1. The molecule has 1 saturated heterocycles. The molecule has 0 radical (unpaired) electrons. The minimum absolute atomic E-state index is 0.0901. The molecule has 0 aliphatic carbocycles. The van der Waals surface area contributed by atoms with Gasteiger partial charge in [-0.05, 0) is 48.9 Å². The van der Waals surface area contributed by atoms with Crippen molar-refractivity contribution in [2.24, 2.45) is 11.8 Å². The molecule has 1 amide bonds. The molecule has 0 bridgehead atoms. The summed E-state index contributed by atoms with van der Waals surface area (Å²) in [6, 6.07) is 13.5. The van der Waals surface area contributed by atoms with Crippen molar-refractivity contribution in [3.8, 4) is 0 Å². The predicted molar refractivity (Wildman–Crippen MR) is 103 cm³/mol. The van der Waals surface area contributed by atoms with E-state index in [-0.39, 0.29) is 24.2 Å². The summed E-state index contributed by atoms with van der Waals surface area (Å²) >= 11 is 0. The number of likely N-dealkylation sites (tertiary alicyclic amines) is 1. The normalized spacial score (nSPS) is 19.7. The van der Waals surface area contributed by atoms with Crippen LogP contribution in [0.25, 0.3) is 0 Å². The van der Waals surface area contributed by atoms with Gasteiger partial charge in [-0.3, -0.25) is 9.59 Å². The van der Waals surface area contributed by atoms with E-state index < -0.39 is 5.97 Å². The lowest BCUT2D eigenvalue weighted by Crippen LogP contribution is -2.45. The number of hydrogen-bond donors (Lipinski definition) is 1. The minimum atomic E-state index is -0.771. The van der Waals surface area contributed by atoms with Crippen LogP contribution in [0.4, 0.5) is 5.69 Å². The number of carbonyl (C=O) groups is 2. The third-order valence-corrected chi connectivity index (χ3v) is 5.38. The molecule has 3 rings (SSSR count). The van der Waals surface area contributed by atoms with Gasteiger partial charge in [-0.1, -0.05) is 18.2 Å². The van der Waals surface area contributed by atoms with Crippen molar-refractivity contribution in [3.05, 3.63) is 54.5 Å². The van der Waals surface area contributed by atoms with Crippen LogP contribution in [-0.4, -0.2) is 48.6 Å². The molecule has 0 unspecified atom stereocenters. The molecular weight excluding hydrogens is 344 g/mol. The van der Waals surface area contributed by atoms with Crippen LogP contribution < -0.4 is 4.90 Å². The summed E-state index contributed by atoms with van der Waals surface area (Å²) in [7, 11) is 2.04. The van der Waals surface area contributed by atoms with Crippen LogP contribution in [0.1, 0.15) is 29.8 Å². The number of carboxylic acids is 1. The van der Waals surface area contributed by atoms with E-state index >= 15 is 0 Å². The Labute approximate surface area is 159 Å². The highest BCUT2D eigenvalue weighted by Crippen LogP contribution is 2.30. The second kappa shape index (κ2) is 8.75. The topological polar surface area (TPSA) is 74.0 Å². The second-order valence-electron chi connectivity index (χ2n) is 7.18. The summed E-state index contributed by atoms with van der Waals surface area (Å²) in [5.74, 6) is -0.304. The van der Waals surface area contributed by atoms with Gasteiger partial charge in [0.2, 0.25) is 0 Å². The highest BCUT2D eigenvalue weighted by molar-refractivity contribution is 5.91. The number of rotatable bonds is 7. The summed E-state index contributed by atoms with van der Waals surface area (Å²) < 4.78 is 5.24. The smallest absolute Gasteiger partial charge is 0.303 e. The Hall–Kier alpha value is -2.76. The third kappa shape index (κ3) is 4.90. The zero-order valence-corrected chi connectivity index (χ0v) is 15.6. The molecule has 0 saturated carbocycles. The summed E-state index contributed by atoms with van der Waals surface area (Å²) in [6.45, 7) is 1.95. The van der Waals surface area contributed by atoms with Crippen molar-refractivity contribution in [3.63, 3.8) is 0 Å². The SMILES string of the molecule is CN(CC[C@@H]1CN(C(=O)c2ccco2)CC[C@H]1CC(=O)O)c1ccccc1. The molecule has 0 spiro atoms. The number of amides is 1. The van der Waals surface area contributed by atoms with E-state index in [0.717, 1.165) is 18.7 Å². The van der Waals surface area contributed by atoms with E-state index in [9.17, 15) is 14.7 Å². The van der Waals surface area contributed by atoms with Crippen LogP contribution in [0.5, 0.6) is 0 Å². The van der Waals surface area contributed by atoms with Crippen molar-refractivity contribution in [1.29, 1.82) is 0 Å². The van der Waals surface area contributed by atoms with Crippen molar-refractivity contribution in [2.45, 2.75) is 19.3 Å². The first-order valence-electron chi connectivity index (χ1n) is 9.35. The number of hydrogen-bond acceptors (Lipinski definition) is 4. The molecule has 1 fully saturated rings. The molecule has 2 heterocycles. The number of nitrogens with zero attached hydrogens (tertiary/aromatic N) is 2. The van der Waals surface area contributed by atoms with E-state index in [2.05, 4.69) is 17.0 Å². The first-order chi connectivity index (χ1) is 13.0. The molecule has 1 aliphatic heterocycles. The molecule has 6 heteroatoms.